The zero-order valence-corrected chi connectivity index (χ0v) is 9.26. The molecule has 1 aliphatic carbocycles. The Morgan fingerprint density at radius 2 is 1.82 bits per heavy atom. The number of benzene rings is 1. The minimum absolute atomic E-state index is 0.0167. The highest BCUT2D eigenvalue weighted by atomic mass is 19.2. The van der Waals surface area contributed by atoms with E-state index in [9.17, 15) is 13.2 Å². The average molecular weight is 245 g/mol. The Balaban J connectivity index is 2.01. The Hall–Kier alpha value is -1.07. The van der Waals surface area contributed by atoms with E-state index in [0.29, 0.717) is 6.07 Å². The van der Waals surface area contributed by atoms with Gasteiger partial charge in [0.25, 0.3) is 0 Å². The summed E-state index contributed by atoms with van der Waals surface area (Å²) >= 11 is 0. The maximum Gasteiger partial charge on any atom is 0.161 e. The molecule has 1 aliphatic rings. The van der Waals surface area contributed by atoms with Gasteiger partial charge in [-0.3, -0.25) is 0 Å². The summed E-state index contributed by atoms with van der Waals surface area (Å²) in [5.41, 5.74) is 5.80. The molecule has 0 radical (unpaired) electrons. The Kier molecular flexibility index (Phi) is 3.69. The van der Waals surface area contributed by atoms with Gasteiger partial charge in [0.05, 0.1) is 12.7 Å². The van der Waals surface area contributed by atoms with Crippen LogP contribution in [0, 0.1) is 17.5 Å². The van der Waals surface area contributed by atoms with Crippen molar-refractivity contribution in [3.8, 4) is 0 Å². The lowest BCUT2D eigenvalue weighted by atomic mass is 10.2. The molecule has 1 aromatic carbocycles. The van der Waals surface area contributed by atoms with Crippen LogP contribution in [0.2, 0.25) is 0 Å². The fourth-order valence-electron chi connectivity index (χ4n) is 2.03. The van der Waals surface area contributed by atoms with E-state index in [-0.39, 0.29) is 24.3 Å². The van der Waals surface area contributed by atoms with Gasteiger partial charge >= 0.3 is 0 Å². The second kappa shape index (κ2) is 5.06. The molecule has 0 aromatic heterocycles. The minimum Gasteiger partial charge on any atom is -0.372 e. The molecule has 0 bridgehead atoms. The molecule has 2 nitrogen and oxygen atoms in total. The Morgan fingerprint density at radius 1 is 1.12 bits per heavy atom. The molecule has 0 spiro atoms. The van der Waals surface area contributed by atoms with E-state index in [2.05, 4.69) is 0 Å². The first-order chi connectivity index (χ1) is 8.08. The molecule has 2 atom stereocenters. The molecular weight excluding hydrogens is 231 g/mol. The molecule has 1 saturated carbocycles. The summed E-state index contributed by atoms with van der Waals surface area (Å²) < 4.78 is 44.3. The molecule has 0 heterocycles. The molecule has 1 fully saturated rings. The molecule has 94 valence electrons. The second-order valence-corrected chi connectivity index (χ2v) is 4.30. The molecular formula is C12H14F3NO. The van der Waals surface area contributed by atoms with Crippen LogP contribution in [0.3, 0.4) is 0 Å². The molecule has 2 rings (SSSR count). The van der Waals surface area contributed by atoms with Crippen molar-refractivity contribution in [1.82, 2.24) is 0 Å². The zero-order valence-electron chi connectivity index (χ0n) is 9.26. The molecule has 1 aromatic rings. The van der Waals surface area contributed by atoms with Crippen molar-refractivity contribution in [3.05, 3.63) is 35.1 Å². The second-order valence-electron chi connectivity index (χ2n) is 4.30. The maximum atomic E-state index is 13.3. The summed E-state index contributed by atoms with van der Waals surface area (Å²) in [4.78, 5) is 0. The summed E-state index contributed by atoms with van der Waals surface area (Å²) in [6, 6.07) is 1.30. The van der Waals surface area contributed by atoms with Crippen molar-refractivity contribution in [3.63, 3.8) is 0 Å². The SMILES string of the molecule is N[C@@H]1CCC[C@H]1OCc1cc(F)c(F)cc1F. The van der Waals surface area contributed by atoms with E-state index in [1.807, 2.05) is 0 Å². The Labute approximate surface area is 97.6 Å². The zero-order chi connectivity index (χ0) is 12.4. The first-order valence-electron chi connectivity index (χ1n) is 5.58. The van der Waals surface area contributed by atoms with Gasteiger partial charge < -0.3 is 10.5 Å². The van der Waals surface area contributed by atoms with Crippen molar-refractivity contribution in [2.24, 2.45) is 5.73 Å². The smallest absolute Gasteiger partial charge is 0.161 e. The lowest BCUT2D eigenvalue weighted by molar-refractivity contribution is 0.0340. The monoisotopic (exact) mass is 245 g/mol. The fraction of sp³-hybridized carbons (Fsp3) is 0.500. The third-order valence-corrected chi connectivity index (χ3v) is 3.05. The Morgan fingerprint density at radius 3 is 2.47 bits per heavy atom. The van der Waals surface area contributed by atoms with Crippen molar-refractivity contribution in [2.45, 2.75) is 38.0 Å². The molecule has 0 saturated heterocycles. The van der Waals surface area contributed by atoms with E-state index in [4.69, 9.17) is 10.5 Å². The third kappa shape index (κ3) is 2.79. The van der Waals surface area contributed by atoms with Crippen molar-refractivity contribution in [2.75, 3.05) is 0 Å². The number of hydrogen-bond donors (Lipinski definition) is 1. The summed E-state index contributed by atoms with van der Waals surface area (Å²) in [5, 5.41) is 0. The van der Waals surface area contributed by atoms with Gasteiger partial charge in [-0.05, 0) is 25.3 Å². The topological polar surface area (TPSA) is 35.2 Å². The number of ether oxygens (including phenoxy) is 1. The van der Waals surface area contributed by atoms with Crippen LogP contribution in [-0.2, 0) is 11.3 Å². The van der Waals surface area contributed by atoms with Gasteiger partial charge in [-0.1, -0.05) is 0 Å². The number of rotatable bonds is 3. The van der Waals surface area contributed by atoms with Crippen LogP contribution < -0.4 is 5.73 Å². The summed E-state index contributed by atoms with van der Waals surface area (Å²) in [6.45, 7) is -0.0819. The minimum atomic E-state index is -1.19. The van der Waals surface area contributed by atoms with Gasteiger partial charge in [0, 0.05) is 17.7 Å². The first-order valence-corrected chi connectivity index (χ1v) is 5.58. The van der Waals surface area contributed by atoms with Crippen LogP contribution in [0.1, 0.15) is 24.8 Å². The quantitative estimate of drug-likeness (QED) is 0.830. The molecule has 0 unspecified atom stereocenters. The maximum absolute atomic E-state index is 13.3. The van der Waals surface area contributed by atoms with E-state index in [1.54, 1.807) is 0 Å². The van der Waals surface area contributed by atoms with Gasteiger partial charge in [0.1, 0.15) is 5.82 Å². The number of halogens is 3. The van der Waals surface area contributed by atoms with Crippen LogP contribution in [0.5, 0.6) is 0 Å². The standard InChI is InChI=1S/C12H14F3NO/c13-8-5-10(15)9(14)4-7(8)6-17-12-3-1-2-11(12)16/h4-5,11-12H,1-3,6,16H2/t11-,12-/m1/s1. The summed E-state index contributed by atoms with van der Waals surface area (Å²) in [7, 11) is 0. The normalized spacial score (nSPS) is 24.2. The number of hydrogen-bond acceptors (Lipinski definition) is 2. The van der Waals surface area contributed by atoms with Crippen molar-refractivity contribution in [1.29, 1.82) is 0 Å². The van der Waals surface area contributed by atoms with Crippen LogP contribution >= 0.6 is 0 Å². The van der Waals surface area contributed by atoms with Crippen molar-refractivity contribution >= 4 is 0 Å². The van der Waals surface area contributed by atoms with Gasteiger partial charge in [0.15, 0.2) is 11.6 Å². The van der Waals surface area contributed by atoms with Gasteiger partial charge in [0.2, 0.25) is 0 Å². The van der Waals surface area contributed by atoms with Crippen LogP contribution in [0.25, 0.3) is 0 Å². The van der Waals surface area contributed by atoms with Crippen LogP contribution in [0.4, 0.5) is 13.2 Å². The van der Waals surface area contributed by atoms with Crippen LogP contribution in [0.15, 0.2) is 12.1 Å². The molecule has 0 aliphatic heterocycles. The predicted molar refractivity (Wildman–Crippen MR) is 56.7 cm³/mol. The Bertz CT molecular complexity index is 411. The van der Waals surface area contributed by atoms with Gasteiger partial charge in [-0.15, -0.1) is 0 Å². The molecule has 17 heavy (non-hydrogen) atoms. The van der Waals surface area contributed by atoms with E-state index >= 15 is 0 Å². The highest BCUT2D eigenvalue weighted by Gasteiger charge is 2.24. The van der Waals surface area contributed by atoms with Gasteiger partial charge in [-0.2, -0.15) is 0 Å². The highest BCUT2D eigenvalue weighted by Crippen LogP contribution is 2.22. The largest absolute Gasteiger partial charge is 0.372 e. The van der Waals surface area contributed by atoms with Gasteiger partial charge in [-0.25, -0.2) is 13.2 Å². The molecule has 5 heteroatoms. The molecule has 2 N–H and O–H groups in total. The predicted octanol–water partition coefficient (Wildman–Crippen LogP) is 2.50. The van der Waals surface area contributed by atoms with Crippen LogP contribution in [-0.4, -0.2) is 12.1 Å². The van der Waals surface area contributed by atoms with Crippen molar-refractivity contribution < 1.29 is 17.9 Å². The fourth-order valence-corrected chi connectivity index (χ4v) is 2.03. The highest BCUT2D eigenvalue weighted by molar-refractivity contribution is 5.19. The third-order valence-electron chi connectivity index (χ3n) is 3.05. The van der Waals surface area contributed by atoms with E-state index in [1.165, 1.54) is 0 Å². The summed E-state index contributed by atoms with van der Waals surface area (Å²) in [5.74, 6) is -3.06. The average Bonchev–Trinajstić information content (AvgIpc) is 2.68. The van der Waals surface area contributed by atoms with E-state index in [0.717, 1.165) is 25.3 Å². The molecule has 0 amide bonds. The first kappa shape index (κ1) is 12.4. The van der Waals surface area contributed by atoms with E-state index < -0.39 is 17.5 Å². The number of nitrogens with two attached hydrogens (primary N) is 1. The lowest BCUT2D eigenvalue weighted by Crippen LogP contribution is -2.31. The summed E-state index contributed by atoms with van der Waals surface area (Å²) in [6.07, 6.45) is 2.56. The lowest BCUT2D eigenvalue weighted by Gasteiger charge is -2.16.